The number of hydrogen-bond acceptors (Lipinski definition) is 2. The van der Waals surface area contributed by atoms with E-state index in [2.05, 4.69) is 158 Å². The Kier molecular flexibility index (Phi) is 4.99. The van der Waals surface area contributed by atoms with Crippen LogP contribution in [0, 0.1) is 0 Å². The van der Waals surface area contributed by atoms with E-state index in [1.54, 1.807) is 0 Å². The molecule has 0 fully saturated rings. The standard InChI is InChI=1S/C50H28O2/c1-3-9-33-31(7-1)37-13-5-11-35-29(17-19-39(33)49(35)37)27-15-21-45-41(23-27)43-25-48-44(26-47(43)51-45)42-24-28(16-22-46(42)52-48)30-18-20-40-34-10-4-2-8-32(34)38-14-6-12-36(30)50(38)40/h1-26,41,45H. The molecular formula is C50H28O2. The van der Waals surface area contributed by atoms with E-state index in [1.807, 2.05) is 0 Å². The van der Waals surface area contributed by atoms with Crippen LogP contribution in [0.1, 0.15) is 17.0 Å². The monoisotopic (exact) mass is 660 g/mol. The van der Waals surface area contributed by atoms with Gasteiger partial charge in [-0.25, -0.2) is 0 Å². The molecule has 13 rings (SSSR count). The Morgan fingerprint density at radius 2 is 1.00 bits per heavy atom. The van der Waals surface area contributed by atoms with Crippen molar-refractivity contribution in [3.63, 3.8) is 0 Å². The minimum absolute atomic E-state index is 0.0363. The van der Waals surface area contributed by atoms with Gasteiger partial charge in [0.05, 0.1) is 0 Å². The van der Waals surface area contributed by atoms with E-state index in [1.165, 1.54) is 93.9 Å². The van der Waals surface area contributed by atoms with Crippen LogP contribution in [0.4, 0.5) is 0 Å². The summed E-state index contributed by atoms with van der Waals surface area (Å²) < 4.78 is 13.2. The molecule has 2 heteroatoms. The van der Waals surface area contributed by atoms with Gasteiger partial charge in [0.2, 0.25) is 0 Å². The second kappa shape index (κ2) is 9.57. The Bertz CT molecular complexity index is 3110. The van der Waals surface area contributed by atoms with Gasteiger partial charge in [0.1, 0.15) is 23.0 Å². The maximum atomic E-state index is 6.66. The molecule has 0 saturated heterocycles. The smallest absolute Gasteiger partial charge is 0.135 e. The van der Waals surface area contributed by atoms with Crippen molar-refractivity contribution >= 4 is 49.1 Å². The largest absolute Gasteiger partial charge is 0.485 e. The highest BCUT2D eigenvalue weighted by Gasteiger charge is 2.35. The molecule has 2 heterocycles. The van der Waals surface area contributed by atoms with Gasteiger partial charge in [-0.2, -0.15) is 0 Å². The molecule has 0 spiro atoms. The van der Waals surface area contributed by atoms with Crippen molar-refractivity contribution in [1.29, 1.82) is 0 Å². The molecule has 2 atom stereocenters. The van der Waals surface area contributed by atoms with E-state index in [0.29, 0.717) is 0 Å². The molecule has 2 nitrogen and oxygen atoms in total. The Morgan fingerprint density at radius 3 is 1.69 bits per heavy atom. The van der Waals surface area contributed by atoms with Gasteiger partial charge >= 0.3 is 0 Å². The minimum Gasteiger partial charge on any atom is -0.485 e. The highest BCUT2D eigenvalue weighted by molar-refractivity contribution is 6.20. The Labute approximate surface area is 299 Å². The third-order valence-corrected chi connectivity index (χ3v) is 12.1. The summed E-state index contributed by atoms with van der Waals surface area (Å²) >= 11 is 0. The van der Waals surface area contributed by atoms with Gasteiger partial charge in [0.15, 0.2) is 0 Å². The number of furan rings is 1. The van der Waals surface area contributed by atoms with Crippen molar-refractivity contribution in [2.45, 2.75) is 12.0 Å². The lowest BCUT2D eigenvalue weighted by molar-refractivity contribution is 0.269. The van der Waals surface area contributed by atoms with Crippen LogP contribution >= 0.6 is 0 Å². The number of allylic oxidation sites excluding steroid dienone is 2. The number of ether oxygens (including phenoxy) is 1. The summed E-state index contributed by atoms with van der Waals surface area (Å²) in [5.41, 5.74) is 18.5. The van der Waals surface area contributed by atoms with E-state index >= 15 is 0 Å². The highest BCUT2D eigenvalue weighted by atomic mass is 16.5. The van der Waals surface area contributed by atoms with E-state index < -0.39 is 0 Å². The molecular weight excluding hydrogens is 633 g/mol. The van der Waals surface area contributed by atoms with E-state index in [0.717, 1.165) is 27.7 Å². The Morgan fingerprint density at radius 1 is 0.423 bits per heavy atom. The predicted molar refractivity (Wildman–Crippen MR) is 214 cm³/mol. The fourth-order valence-corrected chi connectivity index (χ4v) is 9.84. The molecule has 1 aliphatic heterocycles. The lowest BCUT2D eigenvalue weighted by Crippen LogP contribution is -2.17. The molecule has 9 aromatic rings. The van der Waals surface area contributed by atoms with Gasteiger partial charge in [-0.3, -0.25) is 0 Å². The molecule has 0 N–H and O–H groups in total. The summed E-state index contributed by atoms with van der Waals surface area (Å²) in [5.74, 6) is 1.05. The lowest BCUT2D eigenvalue weighted by Gasteiger charge is -2.20. The highest BCUT2D eigenvalue weighted by Crippen LogP contribution is 2.52. The van der Waals surface area contributed by atoms with Crippen LogP contribution in [-0.2, 0) is 0 Å². The fraction of sp³-hybridized carbons (Fsp3) is 0.0400. The average Bonchev–Trinajstić information content (AvgIpc) is 3.93. The summed E-state index contributed by atoms with van der Waals surface area (Å²) in [7, 11) is 0. The average molecular weight is 661 g/mol. The molecule has 52 heavy (non-hydrogen) atoms. The number of benzene rings is 8. The molecule has 3 aliphatic carbocycles. The topological polar surface area (TPSA) is 22.4 Å². The SMILES string of the molecule is C1=CC2Oc3cc4c(cc3C2C=C1c1ccc2c3c(cccc13)-c1ccccc1-2)oc1ccc(-c2ccc3c5c(cccc25)-c2ccccc2-3)cc14. The van der Waals surface area contributed by atoms with Crippen molar-refractivity contribution in [3.8, 4) is 61.4 Å². The van der Waals surface area contributed by atoms with Crippen LogP contribution < -0.4 is 4.74 Å². The number of rotatable bonds is 2. The summed E-state index contributed by atoms with van der Waals surface area (Å²) in [6.45, 7) is 0. The van der Waals surface area contributed by atoms with Gasteiger partial charge in [0, 0.05) is 22.3 Å². The molecule has 0 radical (unpaired) electrons. The summed E-state index contributed by atoms with van der Waals surface area (Å²) in [5, 5.41) is 7.48. The number of hydrogen-bond donors (Lipinski definition) is 0. The normalized spacial score (nSPS) is 17.0. The molecule has 0 amide bonds. The zero-order chi connectivity index (χ0) is 33.7. The van der Waals surface area contributed by atoms with Crippen molar-refractivity contribution in [2.24, 2.45) is 0 Å². The predicted octanol–water partition coefficient (Wildman–Crippen LogP) is 13.4. The maximum absolute atomic E-state index is 6.66. The zero-order valence-electron chi connectivity index (χ0n) is 28.0. The number of fused-ring (bicyclic) bond motifs is 12. The third kappa shape index (κ3) is 3.40. The van der Waals surface area contributed by atoms with Gasteiger partial charge in [-0.15, -0.1) is 0 Å². The van der Waals surface area contributed by atoms with Gasteiger partial charge in [0.25, 0.3) is 0 Å². The van der Waals surface area contributed by atoms with Crippen molar-refractivity contribution < 1.29 is 9.15 Å². The lowest BCUT2D eigenvalue weighted by atomic mass is 9.85. The van der Waals surface area contributed by atoms with E-state index in [9.17, 15) is 0 Å². The van der Waals surface area contributed by atoms with Gasteiger partial charge in [-0.05, 0) is 119 Å². The maximum Gasteiger partial charge on any atom is 0.135 e. The van der Waals surface area contributed by atoms with Gasteiger partial charge in [-0.1, -0.05) is 127 Å². The van der Waals surface area contributed by atoms with E-state index in [4.69, 9.17) is 9.15 Å². The first-order chi connectivity index (χ1) is 25.8. The van der Waals surface area contributed by atoms with Crippen LogP contribution in [0.15, 0.2) is 162 Å². The van der Waals surface area contributed by atoms with Crippen LogP contribution in [-0.4, -0.2) is 6.10 Å². The van der Waals surface area contributed by atoms with Crippen LogP contribution in [0.5, 0.6) is 5.75 Å². The first kappa shape index (κ1) is 27.1. The Balaban J connectivity index is 0.915. The van der Waals surface area contributed by atoms with Crippen LogP contribution in [0.2, 0.25) is 0 Å². The third-order valence-electron chi connectivity index (χ3n) is 12.1. The molecule has 2 unspecified atom stereocenters. The van der Waals surface area contributed by atoms with Gasteiger partial charge < -0.3 is 9.15 Å². The van der Waals surface area contributed by atoms with Crippen molar-refractivity contribution in [3.05, 3.63) is 169 Å². The fourth-order valence-electron chi connectivity index (χ4n) is 9.84. The Hall–Kier alpha value is -6.64. The van der Waals surface area contributed by atoms with Crippen LogP contribution in [0.3, 0.4) is 0 Å². The first-order valence-corrected chi connectivity index (χ1v) is 18.2. The molecule has 4 aliphatic rings. The van der Waals surface area contributed by atoms with Crippen molar-refractivity contribution in [1.82, 2.24) is 0 Å². The second-order valence-corrected chi connectivity index (χ2v) is 14.7. The van der Waals surface area contributed by atoms with Crippen LogP contribution in [0.25, 0.3) is 105 Å². The molecule has 0 bridgehead atoms. The summed E-state index contributed by atoms with van der Waals surface area (Å²) in [6, 6.07) is 51.2. The molecule has 8 aromatic carbocycles. The summed E-state index contributed by atoms with van der Waals surface area (Å²) in [6.07, 6.45) is 6.86. The van der Waals surface area contributed by atoms with E-state index in [-0.39, 0.29) is 12.0 Å². The minimum atomic E-state index is -0.0363. The molecule has 0 saturated carbocycles. The van der Waals surface area contributed by atoms with Crippen molar-refractivity contribution in [2.75, 3.05) is 0 Å². The zero-order valence-corrected chi connectivity index (χ0v) is 28.0. The second-order valence-electron chi connectivity index (χ2n) is 14.7. The first-order valence-electron chi connectivity index (χ1n) is 18.2. The molecule has 1 aromatic heterocycles. The molecule has 240 valence electrons. The quantitative estimate of drug-likeness (QED) is 0.184. The summed E-state index contributed by atoms with van der Waals surface area (Å²) in [4.78, 5) is 0.